The summed E-state index contributed by atoms with van der Waals surface area (Å²) in [5.41, 5.74) is 1.76. The number of aromatic nitrogens is 3. The Balaban J connectivity index is 1.27. The molecule has 0 aliphatic carbocycles. The number of benzene rings is 2. The maximum absolute atomic E-state index is 12.5. The van der Waals surface area contributed by atoms with Crippen molar-refractivity contribution in [1.29, 1.82) is 0 Å². The van der Waals surface area contributed by atoms with Crippen LogP contribution < -0.4 is 10.9 Å². The average Bonchev–Trinajstić information content (AvgIpc) is 3.12. The number of aryl methyl sites for hydroxylation is 1. The van der Waals surface area contributed by atoms with E-state index in [1.807, 2.05) is 30.5 Å². The summed E-state index contributed by atoms with van der Waals surface area (Å²) in [4.78, 5) is 28.9. The summed E-state index contributed by atoms with van der Waals surface area (Å²) in [6, 6.07) is 15.5. The Morgan fingerprint density at radius 2 is 1.93 bits per heavy atom. The van der Waals surface area contributed by atoms with Gasteiger partial charge in [-0.1, -0.05) is 34.1 Å². The van der Waals surface area contributed by atoms with Gasteiger partial charge in [0, 0.05) is 42.2 Å². The topological polar surface area (TPSA) is 68.9 Å². The molecule has 0 aliphatic heterocycles. The van der Waals surface area contributed by atoms with Crippen LogP contribution >= 0.6 is 15.9 Å². The van der Waals surface area contributed by atoms with Crippen molar-refractivity contribution in [1.82, 2.24) is 19.4 Å². The van der Waals surface area contributed by atoms with E-state index in [1.54, 1.807) is 17.0 Å². The highest BCUT2D eigenvalue weighted by molar-refractivity contribution is 9.10. The molecular formula is C22H21BrN4O2. The van der Waals surface area contributed by atoms with Crippen molar-refractivity contribution >= 4 is 43.6 Å². The maximum Gasteiger partial charge on any atom is 0.261 e. The highest BCUT2D eigenvalue weighted by Gasteiger charge is 2.06. The molecule has 29 heavy (non-hydrogen) atoms. The number of hydrogen-bond acceptors (Lipinski definition) is 3. The number of nitrogens with one attached hydrogen (secondary N) is 1. The van der Waals surface area contributed by atoms with Crippen molar-refractivity contribution < 1.29 is 4.79 Å². The normalized spacial score (nSPS) is 11.2. The van der Waals surface area contributed by atoms with Gasteiger partial charge in [-0.25, -0.2) is 4.98 Å². The average molecular weight is 453 g/mol. The van der Waals surface area contributed by atoms with Crippen LogP contribution in [0.1, 0.15) is 12.8 Å². The lowest BCUT2D eigenvalue weighted by molar-refractivity contribution is -0.121. The Hall–Kier alpha value is -2.93. The quantitative estimate of drug-likeness (QED) is 0.464. The minimum absolute atomic E-state index is 0.00978. The molecule has 0 bridgehead atoms. The standard InChI is InChI=1S/C22H21BrN4O2/c23-17-8-7-16-9-12-26(20(16)14-17)13-10-24-21(28)6-3-11-27-15-25-19-5-2-1-4-18(19)22(27)29/h1-2,4-5,7-9,12,14-15H,3,6,10-11,13H2,(H,24,28). The number of amides is 1. The van der Waals surface area contributed by atoms with Gasteiger partial charge in [-0.15, -0.1) is 0 Å². The molecule has 4 aromatic rings. The van der Waals surface area contributed by atoms with Gasteiger partial charge in [0.2, 0.25) is 5.91 Å². The molecular weight excluding hydrogens is 432 g/mol. The molecule has 148 valence electrons. The van der Waals surface area contributed by atoms with Crippen LogP contribution in [0.15, 0.2) is 70.3 Å². The molecule has 7 heteroatoms. The Labute approximate surface area is 176 Å². The molecule has 2 aromatic carbocycles. The number of para-hydroxylation sites is 1. The number of halogens is 1. The zero-order chi connectivity index (χ0) is 20.2. The van der Waals surface area contributed by atoms with Crippen molar-refractivity contribution in [2.75, 3.05) is 6.54 Å². The second-order valence-electron chi connectivity index (χ2n) is 6.93. The summed E-state index contributed by atoms with van der Waals surface area (Å²) in [5, 5.41) is 4.73. The minimum Gasteiger partial charge on any atom is -0.354 e. The lowest BCUT2D eigenvalue weighted by atomic mass is 10.2. The summed E-state index contributed by atoms with van der Waals surface area (Å²) in [5.74, 6) is -0.00978. The fourth-order valence-electron chi connectivity index (χ4n) is 3.43. The van der Waals surface area contributed by atoms with Crippen molar-refractivity contribution in [2.45, 2.75) is 25.9 Å². The van der Waals surface area contributed by atoms with Crippen molar-refractivity contribution in [3.8, 4) is 0 Å². The number of rotatable bonds is 7. The summed E-state index contributed by atoms with van der Waals surface area (Å²) in [6.45, 7) is 1.74. The largest absolute Gasteiger partial charge is 0.354 e. The molecule has 1 amide bonds. The predicted molar refractivity (Wildman–Crippen MR) is 118 cm³/mol. The third kappa shape index (κ3) is 4.40. The molecule has 0 saturated carbocycles. The first-order valence-electron chi connectivity index (χ1n) is 9.57. The van der Waals surface area contributed by atoms with E-state index in [-0.39, 0.29) is 11.5 Å². The van der Waals surface area contributed by atoms with Crippen LogP contribution in [0.2, 0.25) is 0 Å². The first-order chi connectivity index (χ1) is 14.1. The van der Waals surface area contributed by atoms with E-state index in [0.717, 1.165) is 9.99 Å². The first-order valence-corrected chi connectivity index (χ1v) is 10.4. The van der Waals surface area contributed by atoms with E-state index in [4.69, 9.17) is 0 Å². The predicted octanol–water partition coefficient (Wildman–Crippen LogP) is 3.71. The van der Waals surface area contributed by atoms with Gasteiger partial charge in [0.25, 0.3) is 5.56 Å². The highest BCUT2D eigenvalue weighted by atomic mass is 79.9. The molecule has 1 N–H and O–H groups in total. The van der Waals surface area contributed by atoms with Gasteiger partial charge in [0.1, 0.15) is 0 Å². The smallest absolute Gasteiger partial charge is 0.261 e. The number of fused-ring (bicyclic) bond motifs is 2. The van der Waals surface area contributed by atoms with Crippen LogP contribution in [0, 0.1) is 0 Å². The minimum atomic E-state index is -0.0679. The second kappa shape index (κ2) is 8.61. The highest BCUT2D eigenvalue weighted by Crippen LogP contribution is 2.20. The zero-order valence-electron chi connectivity index (χ0n) is 15.8. The SMILES string of the molecule is O=C(CCCn1cnc2ccccc2c1=O)NCCn1ccc2ccc(Br)cc21. The Kier molecular flexibility index (Phi) is 5.76. The van der Waals surface area contributed by atoms with E-state index in [2.05, 4.69) is 49.0 Å². The molecule has 0 atom stereocenters. The summed E-state index contributed by atoms with van der Waals surface area (Å²) in [7, 11) is 0. The lowest BCUT2D eigenvalue weighted by Crippen LogP contribution is -2.27. The van der Waals surface area contributed by atoms with Gasteiger partial charge >= 0.3 is 0 Å². The van der Waals surface area contributed by atoms with Crippen LogP contribution in [0.5, 0.6) is 0 Å². The van der Waals surface area contributed by atoms with Crippen LogP contribution in [0.4, 0.5) is 0 Å². The number of carbonyl (C=O) groups excluding carboxylic acids is 1. The first kappa shape index (κ1) is 19.4. The molecule has 2 aromatic heterocycles. The van der Waals surface area contributed by atoms with Gasteiger partial charge in [-0.3, -0.25) is 14.2 Å². The molecule has 4 rings (SSSR count). The van der Waals surface area contributed by atoms with E-state index >= 15 is 0 Å². The second-order valence-corrected chi connectivity index (χ2v) is 7.84. The van der Waals surface area contributed by atoms with Gasteiger partial charge in [-0.05, 0) is 42.1 Å². The Morgan fingerprint density at radius 3 is 2.83 bits per heavy atom. The molecule has 0 aliphatic rings. The summed E-state index contributed by atoms with van der Waals surface area (Å²) < 4.78 is 4.73. The van der Waals surface area contributed by atoms with Crippen molar-refractivity contribution in [3.63, 3.8) is 0 Å². The number of nitrogens with zero attached hydrogens (tertiary/aromatic N) is 3. The Bertz CT molecular complexity index is 1230. The summed E-state index contributed by atoms with van der Waals surface area (Å²) in [6.07, 6.45) is 4.54. The monoisotopic (exact) mass is 452 g/mol. The fraction of sp³-hybridized carbons (Fsp3) is 0.227. The lowest BCUT2D eigenvalue weighted by Gasteiger charge is -2.09. The molecule has 0 spiro atoms. The van der Waals surface area contributed by atoms with Crippen LogP contribution in [-0.4, -0.2) is 26.6 Å². The third-order valence-corrected chi connectivity index (χ3v) is 5.44. The van der Waals surface area contributed by atoms with E-state index in [9.17, 15) is 9.59 Å². The molecule has 0 radical (unpaired) electrons. The van der Waals surface area contributed by atoms with Gasteiger partial charge in [0.05, 0.1) is 17.2 Å². The Morgan fingerprint density at radius 1 is 1.07 bits per heavy atom. The van der Waals surface area contributed by atoms with Crippen molar-refractivity contribution in [2.24, 2.45) is 0 Å². The molecule has 0 fully saturated rings. The van der Waals surface area contributed by atoms with E-state index in [0.29, 0.717) is 43.4 Å². The number of carbonyl (C=O) groups is 1. The zero-order valence-corrected chi connectivity index (χ0v) is 17.4. The maximum atomic E-state index is 12.5. The van der Waals surface area contributed by atoms with Gasteiger partial charge in [0.15, 0.2) is 0 Å². The molecule has 2 heterocycles. The van der Waals surface area contributed by atoms with Gasteiger partial charge < -0.3 is 9.88 Å². The van der Waals surface area contributed by atoms with Crippen LogP contribution in [0.3, 0.4) is 0 Å². The fourth-order valence-corrected chi connectivity index (χ4v) is 3.78. The molecule has 0 saturated heterocycles. The van der Waals surface area contributed by atoms with Gasteiger partial charge in [-0.2, -0.15) is 0 Å². The molecule has 6 nitrogen and oxygen atoms in total. The van der Waals surface area contributed by atoms with Crippen LogP contribution in [-0.2, 0) is 17.9 Å². The van der Waals surface area contributed by atoms with Crippen LogP contribution in [0.25, 0.3) is 21.8 Å². The van der Waals surface area contributed by atoms with E-state index in [1.165, 1.54) is 5.39 Å². The van der Waals surface area contributed by atoms with E-state index < -0.39 is 0 Å². The summed E-state index contributed by atoms with van der Waals surface area (Å²) >= 11 is 3.50. The molecule has 0 unspecified atom stereocenters. The number of hydrogen-bond donors (Lipinski definition) is 1. The third-order valence-electron chi connectivity index (χ3n) is 4.95. The van der Waals surface area contributed by atoms with Crippen molar-refractivity contribution in [3.05, 3.63) is 75.9 Å².